The highest BCUT2D eigenvalue weighted by Gasteiger charge is 2.02. The third-order valence-corrected chi connectivity index (χ3v) is 2.97. The Hall–Kier alpha value is -1.87. The molecule has 2 N–H and O–H groups in total. The number of hydrogen-bond donors (Lipinski definition) is 1. The van der Waals surface area contributed by atoms with Gasteiger partial charge in [-0.1, -0.05) is 18.2 Å². The lowest BCUT2D eigenvalue weighted by molar-refractivity contribution is 0.300. The van der Waals surface area contributed by atoms with Crippen molar-refractivity contribution in [1.82, 2.24) is 4.98 Å². The van der Waals surface area contributed by atoms with Crippen molar-refractivity contribution in [2.45, 2.75) is 32.9 Å². The highest BCUT2D eigenvalue weighted by molar-refractivity contribution is 5.28. The maximum atomic E-state index is 5.77. The molecule has 100 valence electrons. The van der Waals surface area contributed by atoms with Crippen LogP contribution in [0.4, 0.5) is 0 Å². The molecule has 19 heavy (non-hydrogen) atoms. The van der Waals surface area contributed by atoms with Crippen LogP contribution in [0, 0.1) is 6.92 Å². The summed E-state index contributed by atoms with van der Waals surface area (Å²) in [5.74, 6) is 0.860. The second kappa shape index (κ2) is 6.34. The summed E-state index contributed by atoms with van der Waals surface area (Å²) in [6.07, 6.45) is 2.68. The number of hydrogen-bond acceptors (Lipinski definition) is 3. The monoisotopic (exact) mass is 256 g/mol. The van der Waals surface area contributed by atoms with Crippen LogP contribution in [0.3, 0.4) is 0 Å². The quantitative estimate of drug-likeness (QED) is 0.894. The highest BCUT2D eigenvalue weighted by atomic mass is 16.5. The summed E-state index contributed by atoms with van der Waals surface area (Å²) in [6, 6.07) is 12.2. The molecule has 0 saturated carbocycles. The van der Waals surface area contributed by atoms with E-state index in [0.29, 0.717) is 6.61 Å². The Morgan fingerprint density at radius 3 is 2.58 bits per heavy atom. The standard InChI is InChI=1S/C16H20N2O/c1-12-4-3-9-18-16(12)11-19-15-7-5-14(6-8-15)10-13(2)17/h3-9,13H,10-11,17H2,1-2H3. The Balaban J connectivity index is 1.95. The third kappa shape index (κ3) is 4.07. The first-order chi connectivity index (χ1) is 9.15. The zero-order valence-electron chi connectivity index (χ0n) is 11.5. The van der Waals surface area contributed by atoms with E-state index in [1.807, 2.05) is 38.1 Å². The molecule has 0 radical (unpaired) electrons. The smallest absolute Gasteiger partial charge is 0.130 e. The van der Waals surface area contributed by atoms with Gasteiger partial charge in [0.25, 0.3) is 0 Å². The highest BCUT2D eigenvalue weighted by Crippen LogP contribution is 2.15. The van der Waals surface area contributed by atoms with Crippen LogP contribution in [-0.2, 0) is 13.0 Å². The fraction of sp³-hybridized carbons (Fsp3) is 0.312. The predicted octanol–water partition coefficient (Wildman–Crippen LogP) is 2.86. The van der Waals surface area contributed by atoms with E-state index in [9.17, 15) is 0 Å². The molecule has 1 aromatic heterocycles. The van der Waals surface area contributed by atoms with Crippen molar-refractivity contribution in [3.05, 3.63) is 59.4 Å². The largest absolute Gasteiger partial charge is 0.487 e. The molecule has 2 aromatic rings. The summed E-state index contributed by atoms with van der Waals surface area (Å²) in [5.41, 5.74) is 9.13. The first-order valence-corrected chi connectivity index (χ1v) is 6.53. The third-order valence-electron chi connectivity index (χ3n) is 2.97. The van der Waals surface area contributed by atoms with Crippen molar-refractivity contribution in [1.29, 1.82) is 0 Å². The average molecular weight is 256 g/mol. The molecule has 0 amide bonds. The molecule has 2 rings (SSSR count). The van der Waals surface area contributed by atoms with Crippen LogP contribution in [0.25, 0.3) is 0 Å². The minimum atomic E-state index is 0.183. The summed E-state index contributed by atoms with van der Waals surface area (Å²) in [5, 5.41) is 0. The first-order valence-electron chi connectivity index (χ1n) is 6.53. The number of nitrogens with zero attached hydrogens (tertiary/aromatic N) is 1. The molecular weight excluding hydrogens is 236 g/mol. The molecule has 3 nitrogen and oxygen atoms in total. The predicted molar refractivity (Wildman–Crippen MR) is 77.1 cm³/mol. The van der Waals surface area contributed by atoms with E-state index in [0.717, 1.165) is 23.4 Å². The summed E-state index contributed by atoms with van der Waals surface area (Å²) < 4.78 is 5.74. The molecule has 0 aliphatic carbocycles. The van der Waals surface area contributed by atoms with Gasteiger partial charge in [0.15, 0.2) is 0 Å². The number of nitrogens with two attached hydrogens (primary N) is 1. The number of ether oxygens (including phenoxy) is 1. The number of aryl methyl sites for hydroxylation is 1. The molecule has 1 heterocycles. The van der Waals surface area contributed by atoms with Gasteiger partial charge in [0.05, 0.1) is 5.69 Å². The fourth-order valence-electron chi connectivity index (χ4n) is 1.91. The topological polar surface area (TPSA) is 48.1 Å². The van der Waals surface area contributed by atoms with Gasteiger partial charge < -0.3 is 10.5 Å². The molecule has 1 atom stereocenters. The van der Waals surface area contributed by atoms with E-state index >= 15 is 0 Å². The number of benzene rings is 1. The second-order valence-electron chi connectivity index (χ2n) is 4.88. The van der Waals surface area contributed by atoms with Crippen LogP contribution < -0.4 is 10.5 Å². The van der Waals surface area contributed by atoms with E-state index in [-0.39, 0.29) is 6.04 Å². The minimum Gasteiger partial charge on any atom is -0.487 e. The average Bonchev–Trinajstić information content (AvgIpc) is 2.39. The Morgan fingerprint density at radius 1 is 1.21 bits per heavy atom. The maximum absolute atomic E-state index is 5.77. The van der Waals surface area contributed by atoms with E-state index in [1.54, 1.807) is 6.20 Å². The van der Waals surface area contributed by atoms with E-state index in [4.69, 9.17) is 10.5 Å². The first kappa shape index (κ1) is 13.6. The van der Waals surface area contributed by atoms with Crippen molar-refractivity contribution in [3.8, 4) is 5.75 Å². The molecule has 0 fully saturated rings. The summed E-state index contributed by atoms with van der Waals surface area (Å²) >= 11 is 0. The van der Waals surface area contributed by atoms with Gasteiger partial charge in [0.2, 0.25) is 0 Å². The molecule has 0 saturated heterocycles. The van der Waals surface area contributed by atoms with Gasteiger partial charge in [0.1, 0.15) is 12.4 Å². The van der Waals surface area contributed by atoms with Crippen LogP contribution in [0.2, 0.25) is 0 Å². The Morgan fingerprint density at radius 2 is 1.95 bits per heavy atom. The van der Waals surface area contributed by atoms with Gasteiger partial charge in [-0.3, -0.25) is 4.98 Å². The zero-order chi connectivity index (χ0) is 13.7. The van der Waals surface area contributed by atoms with Crippen LogP contribution in [0.5, 0.6) is 5.75 Å². The normalized spacial score (nSPS) is 12.2. The van der Waals surface area contributed by atoms with Gasteiger partial charge in [-0.25, -0.2) is 0 Å². The van der Waals surface area contributed by atoms with Crippen LogP contribution in [0.15, 0.2) is 42.6 Å². The number of pyridine rings is 1. The summed E-state index contributed by atoms with van der Waals surface area (Å²) in [6.45, 7) is 4.55. The fourth-order valence-corrected chi connectivity index (χ4v) is 1.91. The Labute approximate surface area is 114 Å². The molecule has 0 aliphatic heterocycles. The number of aromatic nitrogens is 1. The second-order valence-corrected chi connectivity index (χ2v) is 4.88. The molecule has 0 spiro atoms. The number of rotatable bonds is 5. The van der Waals surface area contributed by atoms with E-state index < -0.39 is 0 Å². The van der Waals surface area contributed by atoms with Crippen molar-refractivity contribution >= 4 is 0 Å². The van der Waals surface area contributed by atoms with Gasteiger partial charge in [-0.2, -0.15) is 0 Å². The molecule has 3 heteroatoms. The summed E-state index contributed by atoms with van der Waals surface area (Å²) in [4.78, 5) is 4.31. The van der Waals surface area contributed by atoms with E-state index in [2.05, 4.69) is 17.1 Å². The van der Waals surface area contributed by atoms with Crippen LogP contribution in [-0.4, -0.2) is 11.0 Å². The van der Waals surface area contributed by atoms with E-state index in [1.165, 1.54) is 5.56 Å². The van der Waals surface area contributed by atoms with Crippen LogP contribution >= 0.6 is 0 Å². The van der Waals surface area contributed by atoms with Crippen molar-refractivity contribution in [2.75, 3.05) is 0 Å². The molecule has 1 unspecified atom stereocenters. The van der Waals surface area contributed by atoms with Crippen molar-refractivity contribution < 1.29 is 4.74 Å². The van der Waals surface area contributed by atoms with Gasteiger partial charge in [-0.05, 0) is 49.6 Å². The Bertz CT molecular complexity index is 521. The van der Waals surface area contributed by atoms with Gasteiger partial charge in [0, 0.05) is 12.2 Å². The maximum Gasteiger partial charge on any atom is 0.130 e. The molecule has 1 aromatic carbocycles. The van der Waals surface area contributed by atoms with Crippen molar-refractivity contribution in [2.24, 2.45) is 5.73 Å². The van der Waals surface area contributed by atoms with Gasteiger partial charge in [-0.15, -0.1) is 0 Å². The Kier molecular flexibility index (Phi) is 4.53. The van der Waals surface area contributed by atoms with Gasteiger partial charge >= 0.3 is 0 Å². The summed E-state index contributed by atoms with van der Waals surface area (Å²) in [7, 11) is 0. The lowest BCUT2D eigenvalue weighted by atomic mass is 10.1. The lowest BCUT2D eigenvalue weighted by Crippen LogP contribution is -2.17. The molecule has 0 bridgehead atoms. The molecule has 0 aliphatic rings. The molecular formula is C16H20N2O. The minimum absolute atomic E-state index is 0.183. The van der Waals surface area contributed by atoms with Crippen LogP contribution in [0.1, 0.15) is 23.7 Å². The lowest BCUT2D eigenvalue weighted by Gasteiger charge is -2.09. The SMILES string of the molecule is Cc1cccnc1COc1ccc(CC(C)N)cc1. The van der Waals surface area contributed by atoms with Crippen molar-refractivity contribution in [3.63, 3.8) is 0 Å². The zero-order valence-corrected chi connectivity index (χ0v) is 11.5.